The van der Waals surface area contributed by atoms with Crippen LogP contribution in [0.2, 0.25) is 0 Å². The zero-order valence-electron chi connectivity index (χ0n) is 20.9. The number of amides is 2. The predicted octanol–water partition coefficient (Wildman–Crippen LogP) is 6.15. The van der Waals surface area contributed by atoms with E-state index in [1.165, 1.54) is 28.7 Å². The molecule has 3 N–H and O–H groups in total. The maximum atomic E-state index is 12.8. The minimum Gasteiger partial charge on any atom is -0.481 e. The van der Waals surface area contributed by atoms with Gasteiger partial charge in [0.05, 0.1) is 22.8 Å². The van der Waals surface area contributed by atoms with Gasteiger partial charge in [-0.2, -0.15) is 0 Å². The summed E-state index contributed by atoms with van der Waals surface area (Å²) in [5, 5.41) is 15.4. The normalized spacial score (nSPS) is 17.7. The lowest BCUT2D eigenvalue weighted by atomic mass is 9.82. The van der Waals surface area contributed by atoms with Crippen LogP contribution in [-0.2, 0) is 14.4 Å². The number of nitrogens with zero attached hydrogens (tertiary/aromatic N) is 1. The van der Waals surface area contributed by atoms with E-state index >= 15 is 0 Å². The Morgan fingerprint density at radius 1 is 0.973 bits per heavy atom. The van der Waals surface area contributed by atoms with Crippen molar-refractivity contribution in [2.75, 3.05) is 10.6 Å². The summed E-state index contributed by atoms with van der Waals surface area (Å²) < 4.78 is 0. The molecular weight excluding hydrogens is 506 g/mol. The van der Waals surface area contributed by atoms with E-state index < -0.39 is 17.8 Å². The predicted molar refractivity (Wildman–Crippen MR) is 149 cm³/mol. The van der Waals surface area contributed by atoms with E-state index in [4.69, 9.17) is 0 Å². The van der Waals surface area contributed by atoms with E-state index in [1.54, 1.807) is 12.1 Å². The number of benzene rings is 2. The highest BCUT2D eigenvalue weighted by atomic mass is 32.2. The van der Waals surface area contributed by atoms with Gasteiger partial charge in [0.15, 0.2) is 5.13 Å². The van der Waals surface area contributed by atoms with E-state index in [0.717, 1.165) is 21.0 Å². The van der Waals surface area contributed by atoms with Crippen LogP contribution in [0.1, 0.15) is 30.2 Å². The standard InChI is InChI=1S/C28H29N3O4S2/c1-16-8-10-19(11-9-16)24-17(2)37-28(30-24)31-25(32)18(3)36-21-14-12-20(13-15-21)29-26(33)22-6-4-5-7-23(22)27(34)35/h4-5,8-15,18,22-23H,6-7H2,1-3H3,(H,29,33)(H,34,35)(H,30,31,32). The minimum absolute atomic E-state index is 0.142. The monoisotopic (exact) mass is 535 g/mol. The van der Waals surface area contributed by atoms with Gasteiger partial charge in [-0.3, -0.25) is 14.4 Å². The number of allylic oxidation sites excluding steroid dienone is 2. The van der Waals surface area contributed by atoms with Crippen LogP contribution in [0.3, 0.4) is 0 Å². The molecule has 0 saturated carbocycles. The molecule has 1 aromatic heterocycles. The van der Waals surface area contributed by atoms with Gasteiger partial charge in [0.2, 0.25) is 11.8 Å². The molecule has 0 spiro atoms. The summed E-state index contributed by atoms with van der Waals surface area (Å²) in [7, 11) is 0. The van der Waals surface area contributed by atoms with Crippen molar-refractivity contribution in [2.24, 2.45) is 11.8 Å². The van der Waals surface area contributed by atoms with Crippen molar-refractivity contribution in [3.05, 3.63) is 71.1 Å². The number of carboxylic acids is 1. The molecule has 37 heavy (non-hydrogen) atoms. The molecule has 0 aliphatic heterocycles. The third kappa shape index (κ3) is 6.67. The second-order valence-electron chi connectivity index (χ2n) is 9.05. The molecule has 3 aromatic rings. The van der Waals surface area contributed by atoms with Crippen LogP contribution in [0.5, 0.6) is 0 Å². The van der Waals surface area contributed by atoms with Crippen LogP contribution in [0.15, 0.2) is 65.6 Å². The number of aryl methyl sites for hydroxylation is 2. The van der Waals surface area contributed by atoms with Crippen molar-refractivity contribution >= 4 is 51.7 Å². The average molecular weight is 536 g/mol. The van der Waals surface area contributed by atoms with E-state index in [0.29, 0.717) is 23.7 Å². The van der Waals surface area contributed by atoms with Gasteiger partial charge in [-0.05, 0) is 57.9 Å². The van der Waals surface area contributed by atoms with E-state index in [9.17, 15) is 19.5 Å². The Kier molecular flexibility index (Phi) is 8.45. The smallest absolute Gasteiger partial charge is 0.307 e. The first kappa shape index (κ1) is 26.6. The Morgan fingerprint density at radius 2 is 1.62 bits per heavy atom. The van der Waals surface area contributed by atoms with Gasteiger partial charge < -0.3 is 15.7 Å². The molecular formula is C28H29N3O4S2. The fourth-order valence-electron chi connectivity index (χ4n) is 4.12. The Labute approximate surface area is 224 Å². The van der Waals surface area contributed by atoms with Gasteiger partial charge in [-0.1, -0.05) is 42.0 Å². The number of carbonyl (C=O) groups excluding carboxylic acids is 2. The highest BCUT2D eigenvalue weighted by Crippen LogP contribution is 2.32. The Morgan fingerprint density at radius 3 is 2.27 bits per heavy atom. The van der Waals surface area contributed by atoms with Crippen LogP contribution in [0.4, 0.5) is 10.8 Å². The largest absolute Gasteiger partial charge is 0.481 e. The third-order valence-electron chi connectivity index (χ3n) is 6.24. The zero-order valence-corrected chi connectivity index (χ0v) is 22.5. The SMILES string of the molecule is Cc1ccc(-c2nc(NC(=O)C(C)Sc3ccc(NC(=O)C4CC=CCC4C(=O)O)cc3)sc2C)cc1. The molecule has 0 radical (unpaired) electrons. The molecule has 3 atom stereocenters. The maximum Gasteiger partial charge on any atom is 0.307 e. The first-order valence-electron chi connectivity index (χ1n) is 12.0. The van der Waals surface area contributed by atoms with E-state index in [1.807, 2.05) is 69.3 Å². The second-order valence-corrected chi connectivity index (χ2v) is 11.7. The summed E-state index contributed by atoms with van der Waals surface area (Å²) in [6.07, 6.45) is 4.43. The Hall–Kier alpha value is -3.43. The lowest BCUT2D eigenvalue weighted by Crippen LogP contribution is -2.34. The maximum absolute atomic E-state index is 12.8. The first-order valence-corrected chi connectivity index (χ1v) is 13.7. The Balaban J connectivity index is 1.33. The number of aromatic nitrogens is 1. The lowest BCUT2D eigenvalue weighted by Gasteiger charge is -2.24. The molecule has 2 amide bonds. The van der Waals surface area contributed by atoms with Gasteiger partial charge >= 0.3 is 5.97 Å². The number of rotatable bonds is 8. The lowest BCUT2D eigenvalue weighted by molar-refractivity contribution is -0.146. The van der Waals surface area contributed by atoms with Crippen molar-refractivity contribution in [1.29, 1.82) is 0 Å². The average Bonchev–Trinajstić information content (AvgIpc) is 3.25. The van der Waals surface area contributed by atoms with E-state index in [2.05, 4.69) is 15.6 Å². The molecule has 0 saturated heterocycles. The number of carbonyl (C=O) groups is 3. The fourth-order valence-corrected chi connectivity index (χ4v) is 5.83. The van der Waals surface area contributed by atoms with Crippen LogP contribution in [-0.4, -0.2) is 33.1 Å². The zero-order chi connectivity index (χ0) is 26.5. The number of thioether (sulfide) groups is 1. The second kappa shape index (κ2) is 11.7. The number of carboxylic acid groups (broad SMARTS) is 1. The molecule has 7 nitrogen and oxygen atoms in total. The molecule has 192 valence electrons. The van der Waals surface area contributed by atoms with Crippen molar-refractivity contribution in [3.63, 3.8) is 0 Å². The number of hydrogen-bond donors (Lipinski definition) is 3. The molecule has 1 aliphatic rings. The molecule has 3 unspecified atom stereocenters. The number of anilines is 2. The third-order valence-corrected chi connectivity index (χ3v) is 8.24. The summed E-state index contributed by atoms with van der Waals surface area (Å²) in [4.78, 5) is 43.5. The van der Waals surface area contributed by atoms with Crippen LogP contribution >= 0.6 is 23.1 Å². The van der Waals surface area contributed by atoms with Crippen LogP contribution in [0, 0.1) is 25.7 Å². The summed E-state index contributed by atoms with van der Waals surface area (Å²) in [6, 6.07) is 15.3. The van der Waals surface area contributed by atoms with Crippen molar-refractivity contribution < 1.29 is 19.5 Å². The van der Waals surface area contributed by atoms with E-state index in [-0.39, 0.29) is 17.1 Å². The number of nitrogens with one attached hydrogen (secondary N) is 2. The molecule has 9 heteroatoms. The molecule has 1 aliphatic carbocycles. The topological polar surface area (TPSA) is 108 Å². The van der Waals surface area contributed by atoms with Crippen molar-refractivity contribution in [3.8, 4) is 11.3 Å². The highest BCUT2D eigenvalue weighted by molar-refractivity contribution is 8.00. The highest BCUT2D eigenvalue weighted by Gasteiger charge is 2.34. The molecule has 0 fully saturated rings. The first-order chi connectivity index (χ1) is 17.7. The van der Waals surface area contributed by atoms with Crippen LogP contribution < -0.4 is 10.6 Å². The summed E-state index contributed by atoms with van der Waals surface area (Å²) in [5.74, 6) is -2.71. The number of aliphatic carboxylic acids is 1. The molecule has 0 bridgehead atoms. The molecule has 1 heterocycles. The minimum atomic E-state index is -0.956. The van der Waals surface area contributed by atoms with Gasteiger partial charge in [-0.15, -0.1) is 23.1 Å². The van der Waals surface area contributed by atoms with Gasteiger partial charge in [0, 0.05) is 21.0 Å². The van der Waals surface area contributed by atoms with Gasteiger partial charge in [-0.25, -0.2) is 4.98 Å². The summed E-state index contributed by atoms with van der Waals surface area (Å²) >= 11 is 2.86. The molecule has 2 aromatic carbocycles. The quantitative estimate of drug-likeness (QED) is 0.236. The van der Waals surface area contributed by atoms with Crippen molar-refractivity contribution in [2.45, 2.75) is 43.8 Å². The van der Waals surface area contributed by atoms with Gasteiger partial charge in [0.1, 0.15) is 0 Å². The van der Waals surface area contributed by atoms with Crippen molar-refractivity contribution in [1.82, 2.24) is 4.98 Å². The van der Waals surface area contributed by atoms with Crippen LogP contribution in [0.25, 0.3) is 11.3 Å². The summed E-state index contributed by atoms with van der Waals surface area (Å²) in [5.41, 5.74) is 3.66. The number of thiazole rings is 1. The Bertz CT molecular complexity index is 1320. The molecule has 4 rings (SSSR count). The summed E-state index contributed by atoms with van der Waals surface area (Å²) in [6.45, 7) is 5.87. The fraction of sp³-hybridized carbons (Fsp3) is 0.286. The number of hydrogen-bond acceptors (Lipinski definition) is 6. The van der Waals surface area contributed by atoms with Gasteiger partial charge in [0.25, 0.3) is 0 Å².